The molecule has 0 bridgehead atoms. The van der Waals surface area contributed by atoms with Crippen LogP contribution in [0.5, 0.6) is 0 Å². The van der Waals surface area contributed by atoms with Crippen molar-refractivity contribution in [2.24, 2.45) is 0 Å². The fourth-order valence-corrected chi connectivity index (χ4v) is 4.12. The van der Waals surface area contributed by atoms with Crippen molar-refractivity contribution in [2.45, 2.75) is 24.8 Å². The molecule has 5 heteroatoms. The monoisotopic (exact) mass is 331 g/mol. The Bertz CT molecular complexity index is 716. The van der Waals surface area contributed by atoms with Gasteiger partial charge < -0.3 is 0 Å². The second-order valence-corrected chi connectivity index (χ2v) is 7.51. The van der Waals surface area contributed by atoms with Gasteiger partial charge in [0, 0.05) is 19.6 Å². The van der Waals surface area contributed by atoms with Crippen molar-refractivity contribution in [1.29, 1.82) is 0 Å². The zero-order valence-corrected chi connectivity index (χ0v) is 13.8. The van der Waals surface area contributed by atoms with E-state index in [4.69, 9.17) is 4.18 Å². The molecular formula is C18H21NO3S. The molecule has 0 spiro atoms. The van der Waals surface area contributed by atoms with Crippen LogP contribution < -0.4 is 0 Å². The van der Waals surface area contributed by atoms with Crippen LogP contribution in [-0.2, 0) is 26.6 Å². The average Bonchev–Trinajstić information content (AvgIpc) is 2.95. The molecule has 2 aromatic carbocycles. The van der Waals surface area contributed by atoms with Gasteiger partial charge in [-0.2, -0.15) is 8.42 Å². The van der Waals surface area contributed by atoms with Crippen molar-refractivity contribution >= 4 is 10.1 Å². The Kier molecular flexibility index (Phi) is 5.10. The molecule has 122 valence electrons. The lowest BCUT2D eigenvalue weighted by Crippen LogP contribution is -2.25. The SMILES string of the molecule is O=S(=O)(Cc1ccccc1)OC1CCN(Cc2ccccc2)C1. The molecule has 23 heavy (non-hydrogen) atoms. The molecule has 0 N–H and O–H groups in total. The van der Waals surface area contributed by atoms with Crippen molar-refractivity contribution in [3.63, 3.8) is 0 Å². The van der Waals surface area contributed by atoms with Crippen molar-refractivity contribution in [3.8, 4) is 0 Å². The summed E-state index contributed by atoms with van der Waals surface area (Å²) in [6, 6.07) is 19.3. The maximum Gasteiger partial charge on any atom is 0.271 e. The lowest BCUT2D eigenvalue weighted by molar-refractivity contribution is 0.204. The van der Waals surface area contributed by atoms with E-state index < -0.39 is 10.1 Å². The summed E-state index contributed by atoms with van der Waals surface area (Å²) in [5.41, 5.74) is 1.99. The highest BCUT2D eigenvalue weighted by Crippen LogP contribution is 2.19. The summed E-state index contributed by atoms with van der Waals surface area (Å²) >= 11 is 0. The Hall–Kier alpha value is -1.69. The molecule has 1 fully saturated rings. The number of nitrogens with zero attached hydrogens (tertiary/aromatic N) is 1. The van der Waals surface area contributed by atoms with Crippen LogP contribution in [0.3, 0.4) is 0 Å². The van der Waals surface area contributed by atoms with E-state index in [1.807, 2.05) is 36.4 Å². The summed E-state index contributed by atoms with van der Waals surface area (Å²) in [6.45, 7) is 2.35. The third kappa shape index (κ3) is 4.89. The number of benzene rings is 2. The van der Waals surface area contributed by atoms with E-state index >= 15 is 0 Å². The molecule has 0 radical (unpaired) electrons. The minimum Gasteiger partial charge on any atom is -0.296 e. The molecule has 1 heterocycles. The molecule has 1 aliphatic rings. The highest BCUT2D eigenvalue weighted by atomic mass is 32.2. The first-order chi connectivity index (χ1) is 11.1. The van der Waals surface area contributed by atoms with Crippen molar-refractivity contribution in [1.82, 2.24) is 4.90 Å². The number of hydrogen-bond donors (Lipinski definition) is 0. The summed E-state index contributed by atoms with van der Waals surface area (Å²) in [7, 11) is -3.54. The Labute approximate surface area is 137 Å². The summed E-state index contributed by atoms with van der Waals surface area (Å²) in [5, 5.41) is 0. The van der Waals surface area contributed by atoms with Gasteiger partial charge in [-0.05, 0) is 17.5 Å². The van der Waals surface area contributed by atoms with Gasteiger partial charge in [-0.1, -0.05) is 60.7 Å². The highest BCUT2D eigenvalue weighted by Gasteiger charge is 2.27. The molecule has 0 aliphatic carbocycles. The fraction of sp³-hybridized carbons (Fsp3) is 0.333. The lowest BCUT2D eigenvalue weighted by Gasteiger charge is -2.16. The van der Waals surface area contributed by atoms with Crippen molar-refractivity contribution in [3.05, 3.63) is 71.8 Å². The van der Waals surface area contributed by atoms with Gasteiger partial charge in [-0.3, -0.25) is 9.08 Å². The third-order valence-corrected chi connectivity index (χ3v) is 5.20. The Morgan fingerprint density at radius 1 is 0.957 bits per heavy atom. The quantitative estimate of drug-likeness (QED) is 0.764. The molecular weight excluding hydrogens is 310 g/mol. The number of rotatable bonds is 6. The average molecular weight is 331 g/mol. The number of hydrogen-bond acceptors (Lipinski definition) is 4. The third-order valence-electron chi connectivity index (χ3n) is 3.95. The molecule has 1 aliphatic heterocycles. The second-order valence-electron chi connectivity index (χ2n) is 5.92. The van der Waals surface area contributed by atoms with Gasteiger partial charge in [0.1, 0.15) is 5.75 Å². The minimum absolute atomic E-state index is 0.0664. The van der Waals surface area contributed by atoms with Gasteiger partial charge in [0.2, 0.25) is 0 Å². The van der Waals surface area contributed by atoms with E-state index in [0.29, 0.717) is 6.54 Å². The van der Waals surface area contributed by atoms with Crippen LogP contribution in [-0.4, -0.2) is 32.5 Å². The molecule has 2 aromatic rings. The van der Waals surface area contributed by atoms with Gasteiger partial charge in [-0.15, -0.1) is 0 Å². The zero-order chi connectivity index (χ0) is 16.1. The Morgan fingerprint density at radius 3 is 2.22 bits per heavy atom. The van der Waals surface area contributed by atoms with Crippen LogP contribution in [0.15, 0.2) is 60.7 Å². The summed E-state index contributed by atoms with van der Waals surface area (Å²) in [5.74, 6) is -0.0664. The van der Waals surface area contributed by atoms with Crippen LogP contribution >= 0.6 is 0 Å². The van der Waals surface area contributed by atoms with Gasteiger partial charge in [0.05, 0.1) is 6.10 Å². The molecule has 0 saturated carbocycles. The normalized spacial score (nSPS) is 19.0. The summed E-state index contributed by atoms with van der Waals surface area (Å²) in [6.07, 6.45) is 0.508. The smallest absolute Gasteiger partial charge is 0.271 e. The standard InChI is InChI=1S/C18H21NO3S/c20-23(21,15-17-9-5-2-6-10-17)22-18-11-12-19(14-18)13-16-7-3-1-4-8-16/h1-10,18H,11-15H2. The van der Waals surface area contributed by atoms with E-state index in [-0.39, 0.29) is 11.9 Å². The van der Waals surface area contributed by atoms with Gasteiger partial charge in [-0.25, -0.2) is 0 Å². The molecule has 1 saturated heterocycles. The maximum absolute atomic E-state index is 12.2. The Balaban J connectivity index is 1.53. The minimum atomic E-state index is -3.54. The van der Waals surface area contributed by atoms with E-state index in [1.54, 1.807) is 12.1 Å². The first-order valence-electron chi connectivity index (χ1n) is 7.82. The predicted molar refractivity (Wildman–Crippen MR) is 90.3 cm³/mol. The van der Waals surface area contributed by atoms with E-state index in [2.05, 4.69) is 17.0 Å². The van der Waals surface area contributed by atoms with Gasteiger partial charge in [0.25, 0.3) is 10.1 Å². The maximum atomic E-state index is 12.2. The second kappa shape index (κ2) is 7.25. The molecule has 3 rings (SSSR count). The number of likely N-dealkylation sites (tertiary alicyclic amines) is 1. The Morgan fingerprint density at radius 2 is 1.57 bits per heavy atom. The molecule has 1 atom stereocenters. The van der Waals surface area contributed by atoms with E-state index in [0.717, 1.165) is 25.1 Å². The van der Waals surface area contributed by atoms with Crippen molar-refractivity contribution < 1.29 is 12.6 Å². The van der Waals surface area contributed by atoms with Crippen molar-refractivity contribution in [2.75, 3.05) is 13.1 Å². The first-order valence-corrected chi connectivity index (χ1v) is 9.40. The lowest BCUT2D eigenvalue weighted by atomic mass is 10.2. The van der Waals surface area contributed by atoms with Gasteiger partial charge in [0.15, 0.2) is 0 Å². The van der Waals surface area contributed by atoms with E-state index in [1.165, 1.54) is 5.56 Å². The van der Waals surface area contributed by atoms with Gasteiger partial charge >= 0.3 is 0 Å². The largest absolute Gasteiger partial charge is 0.296 e. The summed E-state index contributed by atoms with van der Waals surface area (Å²) < 4.78 is 29.8. The van der Waals surface area contributed by atoms with E-state index in [9.17, 15) is 8.42 Å². The van der Waals surface area contributed by atoms with Crippen LogP contribution in [0.25, 0.3) is 0 Å². The van der Waals surface area contributed by atoms with Crippen LogP contribution in [0.4, 0.5) is 0 Å². The summed E-state index contributed by atoms with van der Waals surface area (Å²) in [4.78, 5) is 2.23. The van der Waals surface area contributed by atoms with Crippen LogP contribution in [0, 0.1) is 0 Å². The molecule has 0 amide bonds. The molecule has 4 nitrogen and oxygen atoms in total. The fourth-order valence-electron chi connectivity index (χ4n) is 2.88. The molecule has 0 aromatic heterocycles. The van der Waals surface area contributed by atoms with Crippen LogP contribution in [0.1, 0.15) is 17.5 Å². The zero-order valence-electron chi connectivity index (χ0n) is 13.0. The highest BCUT2D eigenvalue weighted by molar-refractivity contribution is 7.85. The predicted octanol–water partition coefficient (Wildman–Crippen LogP) is 2.81. The molecule has 1 unspecified atom stereocenters. The topological polar surface area (TPSA) is 46.6 Å². The van der Waals surface area contributed by atoms with Crippen LogP contribution in [0.2, 0.25) is 0 Å². The first kappa shape index (κ1) is 16.2.